The number of hydrogen-bond donors (Lipinski definition) is 2. The van der Waals surface area contributed by atoms with Crippen LogP contribution in [0.3, 0.4) is 0 Å². The molecule has 0 aliphatic heterocycles. The van der Waals surface area contributed by atoms with Gasteiger partial charge in [0.05, 0.1) is 6.10 Å². The van der Waals surface area contributed by atoms with E-state index in [0.29, 0.717) is 12.8 Å². The average Bonchev–Trinajstić information content (AvgIpc) is 2.66. The predicted octanol–water partition coefficient (Wildman–Crippen LogP) is 6.24. The molecule has 0 heterocycles. The molecule has 0 aliphatic rings. The fourth-order valence-electron chi connectivity index (χ4n) is 3.08. The second-order valence-electron chi connectivity index (χ2n) is 9.96. The number of ketones is 1. The number of rotatable bonds is 12. The van der Waals surface area contributed by atoms with Crippen LogP contribution in [-0.4, -0.2) is 42.5 Å². The molecule has 1 aromatic rings. The summed E-state index contributed by atoms with van der Waals surface area (Å²) in [5.41, 5.74) is 0.0778. The third-order valence-electron chi connectivity index (χ3n) is 5.89. The van der Waals surface area contributed by atoms with E-state index >= 15 is 0 Å². The van der Waals surface area contributed by atoms with Crippen LogP contribution < -0.4 is 0 Å². The molecule has 0 aromatic heterocycles. The van der Waals surface area contributed by atoms with Gasteiger partial charge >= 0.3 is 5.97 Å². The number of hydrogen-bond acceptors (Lipinski definition) is 6. The van der Waals surface area contributed by atoms with E-state index in [2.05, 4.69) is 40.4 Å². The molecule has 0 unspecified atom stereocenters. The summed E-state index contributed by atoms with van der Waals surface area (Å²) >= 11 is 0. The fraction of sp³-hybridized carbons (Fsp3) is 0.481. The number of benzene rings is 1. The lowest BCUT2D eigenvalue weighted by Gasteiger charge is -2.38. The van der Waals surface area contributed by atoms with Gasteiger partial charge in [0.25, 0.3) is 0 Å². The van der Waals surface area contributed by atoms with Crippen molar-refractivity contribution in [1.82, 2.24) is 0 Å². The molecule has 1 aromatic carbocycles. The van der Waals surface area contributed by atoms with Crippen molar-refractivity contribution >= 4 is 20.1 Å². The Kier molecular flexibility index (Phi) is 11.0. The van der Waals surface area contributed by atoms with Crippen molar-refractivity contribution in [3.05, 3.63) is 60.2 Å². The van der Waals surface area contributed by atoms with Gasteiger partial charge in [-0.05, 0) is 56.1 Å². The first-order chi connectivity index (χ1) is 15.7. The van der Waals surface area contributed by atoms with E-state index < -0.39 is 26.1 Å². The fourth-order valence-corrected chi connectivity index (χ4v) is 4.37. The molecule has 2 atom stereocenters. The summed E-state index contributed by atoms with van der Waals surface area (Å²) in [4.78, 5) is 25.3. The Hall–Kier alpha value is -2.64. The minimum absolute atomic E-state index is 0.0673. The third-order valence-corrected chi connectivity index (χ3v) is 10.4. The van der Waals surface area contributed by atoms with Gasteiger partial charge in [-0.2, -0.15) is 0 Å². The molecule has 0 saturated carbocycles. The van der Waals surface area contributed by atoms with Crippen LogP contribution in [0.15, 0.2) is 49.1 Å². The molecule has 7 heteroatoms. The highest BCUT2D eigenvalue weighted by molar-refractivity contribution is 6.74. The lowest BCUT2D eigenvalue weighted by atomic mass is 10.00. The first-order valence-corrected chi connectivity index (χ1v) is 14.5. The van der Waals surface area contributed by atoms with Gasteiger partial charge < -0.3 is 19.4 Å². The number of carbonyl (C=O) groups excluding carboxylic acids is 2. The summed E-state index contributed by atoms with van der Waals surface area (Å²) in [7, 11) is -1.98. The van der Waals surface area contributed by atoms with Gasteiger partial charge in [0.2, 0.25) is 0 Å². The van der Waals surface area contributed by atoms with Crippen LogP contribution in [0.2, 0.25) is 18.1 Å². The van der Waals surface area contributed by atoms with Crippen molar-refractivity contribution in [2.75, 3.05) is 0 Å². The van der Waals surface area contributed by atoms with Crippen LogP contribution in [0.25, 0.3) is 0 Å². The summed E-state index contributed by atoms with van der Waals surface area (Å²) in [6.07, 6.45) is 8.98. The molecule has 0 fully saturated rings. The van der Waals surface area contributed by atoms with Crippen molar-refractivity contribution in [3.8, 4) is 11.5 Å². The highest BCUT2D eigenvalue weighted by atomic mass is 28.4. The molecule has 6 nitrogen and oxygen atoms in total. The van der Waals surface area contributed by atoms with Crippen LogP contribution in [0.4, 0.5) is 0 Å². The zero-order chi connectivity index (χ0) is 26.1. The summed E-state index contributed by atoms with van der Waals surface area (Å²) in [5.74, 6) is -1.70. The smallest absolute Gasteiger partial charge is 0.342 e. The van der Waals surface area contributed by atoms with Crippen LogP contribution in [0, 0.1) is 0 Å². The van der Waals surface area contributed by atoms with E-state index in [4.69, 9.17) is 9.16 Å². The third kappa shape index (κ3) is 8.95. The Morgan fingerprint density at radius 1 is 1.18 bits per heavy atom. The molecule has 0 bridgehead atoms. The molecule has 0 amide bonds. The van der Waals surface area contributed by atoms with Gasteiger partial charge in [-0.3, -0.25) is 4.79 Å². The van der Waals surface area contributed by atoms with Crippen molar-refractivity contribution in [3.63, 3.8) is 0 Å². The van der Waals surface area contributed by atoms with Gasteiger partial charge in [-0.15, -0.1) is 6.58 Å². The van der Waals surface area contributed by atoms with E-state index in [9.17, 15) is 19.8 Å². The Labute approximate surface area is 205 Å². The maximum absolute atomic E-state index is 12.7. The number of carbonyl (C=O) groups is 2. The molecule has 0 radical (unpaired) electrons. The zero-order valence-electron chi connectivity index (χ0n) is 21.6. The highest BCUT2D eigenvalue weighted by Crippen LogP contribution is 2.37. The van der Waals surface area contributed by atoms with Gasteiger partial charge in [0, 0.05) is 18.9 Å². The van der Waals surface area contributed by atoms with E-state index in [1.807, 2.05) is 19.1 Å². The van der Waals surface area contributed by atoms with Crippen molar-refractivity contribution in [2.45, 2.75) is 84.2 Å². The second-order valence-corrected chi connectivity index (χ2v) is 14.7. The van der Waals surface area contributed by atoms with Crippen molar-refractivity contribution < 1.29 is 29.0 Å². The molecule has 0 aliphatic carbocycles. The van der Waals surface area contributed by atoms with Gasteiger partial charge in [0.1, 0.15) is 23.2 Å². The molecule has 2 N–H and O–H groups in total. The van der Waals surface area contributed by atoms with E-state index in [1.165, 1.54) is 12.1 Å². The number of allylic oxidation sites excluding steroid dienone is 2. The average molecular weight is 489 g/mol. The second kappa shape index (κ2) is 12.7. The van der Waals surface area contributed by atoms with Crippen molar-refractivity contribution in [1.29, 1.82) is 0 Å². The standard InChI is InChI=1S/C27H40O6Si/c1-9-12-19(3)32-26(31)25-20(17-22(29)18-24(25)30)16-21(28)14-11-15-23(13-10-2)33-34(7,8)27(4,5)6/h9-11,13-14,17-19,23,29-30H,1,12,15-16H2,2-8H3/b13-10+,14-11+/t19-,23-/m1/s1. The summed E-state index contributed by atoms with van der Waals surface area (Å²) in [5, 5.41) is 20.2. The maximum atomic E-state index is 12.7. The number of phenolic OH excluding ortho intramolecular Hbond substituents is 2. The minimum atomic E-state index is -1.98. The van der Waals surface area contributed by atoms with Crippen molar-refractivity contribution in [2.24, 2.45) is 0 Å². The Balaban J connectivity index is 2.98. The van der Waals surface area contributed by atoms with Crippen LogP contribution >= 0.6 is 0 Å². The quantitative estimate of drug-likeness (QED) is 0.156. The van der Waals surface area contributed by atoms with Crippen LogP contribution in [0.5, 0.6) is 11.5 Å². The summed E-state index contributed by atoms with van der Waals surface area (Å²) in [6.45, 7) is 18.2. The zero-order valence-corrected chi connectivity index (χ0v) is 22.6. The molecule has 34 heavy (non-hydrogen) atoms. The molecule has 1 rings (SSSR count). The topological polar surface area (TPSA) is 93.1 Å². The first kappa shape index (κ1) is 29.4. The predicted molar refractivity (Wildman–Crippen MR) is 139 cm³/mol. The SMILES string of the molecule is C=CC[C@@H](C)OC(=O)c1c(O)cc(O)cc1CC(=O)/C=C/C[C@@H](/C=C/C)O[Si](C)(C)C(C)(C)C. The number of esters is 1. The Morgan fingerprint density at radius 3 is 2.38 bits per heavy atom. The maximum Gasteiger partial charge on any atom is 0.342 e. The largest absolute Gasteiger partial charge is 0.508 e. The highest BCUT2D eigenvalue weighted by Gasteiger charge is 2.38. The van der Waals surface area contributed by atoms with E-state index in [0.717, 1.165) is 6.07 Å². The number of phenols is 2. The Morgan fingerprint density at radius 2 is 1.82 bits per heavy atom. The number of aromatic hydroxyl groups is 2. The summed E-state index contributed by atoms with van der Waals surface area (Å²) in [6, 6.07) is 2.35. The lowest BCUT2D eigenvalue weighted by Crippen LogP contribution is -2.43. The molecule has 0 saturated heterocycles. The first-order valence-electron chi connectivity index (χ1n) is 11.6. The van der Waals surface area contributed by atoms with Gasteiger partial charge in [-0.1, -0.05) is 45.1 Å². The lowest BCUT2D eigenvalue weighted by molar-refractivity contribution is -0.114. The summed E-state index contributed by atoms with van der Waals surface area (Å²) < 4.78 is 11.8. The molecule has 188 valence electrons. The monoisotopic (exact) mass is 488 g/mol. The Bertz CT molecular complexity index is 924. The van der Waals surface area contributed by atoms with Gasteiger partial charge in [0.15, 0.2) is 14.1 Å². The molecule has 0 spiro atoms. The van der Waals surface area contributed by atoms with Gasteiger partial charge in [-0.25, -0.2) is 4.79 Å². The minimum Gasteiger partial charge on any atom is -0.508 e. The molecular weight excluding hydrogens is 448 g/mol. The van der Waals surface area contributed by atoms with E-state index in [1.54, 1.807) is 19.1 Å². The van der Waals surface area contributed by atoms with Crippen LogP contribution in [-0.2, 0) is 20.4 Å². The normalized spacial score (nSPS) is 14.3. The van der Waals surface area contributed by atoms with Crippen LogP contribution in [0.1, 0.15) is 63.4 Å². The molecular formula is C27H40O6Si. The van der Waals surface area contributed by atoms with E-state index in [-0.39, 0.29) is 40.2 Å². The number of ether oxygens (including phenoxy) is 1.